The van der Waals surface area contributed by atoms with Gasteiger partial charge in [-0.3, -0.25) is 4.79 Å². The zero-order valence-corrected chi connectivity index (χ0v) is 15.0. The van der Waals surface area contributed by atoms with Crippen molar-refractivity contribution < 1.29 is 27.2 Å². The van der Waals surface area contributed by atoms with Crippen LogP contribution in [0.5, 0.6) is 5.75 Å². The minimum Gasteiger partial charge on any atom is -0.481 e. The van der Waals surface area contributed by atoms with Crippen LogP contribution in [0.25, 0.3) is 11.3 Å². The molecule has 1 N–H and O–H groups in total. The molecule has 3 rings (SSSR count). The molecule has 148 valence electrons. The fourth-order valence-electron chi connectivity index (χ4n) is 2.33. The van der Waals surface area contributed by atoms with Crippen molar-refractivity contribution in [2.24, 2.45) is 0 Å². The molecule has 1 heterocycles. The highest BCUT2D eigenvalue weighted by Gasteiger charge is 2.30. The van der Waals surface area contributed by atoms with Crippen molar-refractivity contribution in [3.8, 4) is 28.9 Å². The van der Waals surface area contributed by atoms with E-state index in [1.54, 1.807) is 0 Å². The summed E-state index contributed by atoms with van der Waals surface area (Å²) in [6, 6.07) is 15.3. The lowest BCUT2D eigenvalue weighted by molar-refractivity contribution is -0.137. The van der Waals surface area contributed by atoms with Crippen molar-refractivity contribution in [1.82, 2.24) is 10.5 Å². The van der Waals surface area contributed by atoms with Crippen molar-refractivity contribution in [3.05, 3.63) is 71.9 Å². The summed E-state index contributed by atoms with van der Waals surface area (Å²) in [6.07, 6.45) is -4.43. The Bertz CT molecular complexity index is 1030. The predicted octanol–water partition coefficient (Wildman–Crippen LogP) is 4.17. The minimum atomic E-state index is -4.43. The Kier molecular flexibility index (Phi) is 6.19. The Morgan fingerprint density at radius 1 is 1.07 bits per heavy atom. The number of carbonyl (C=O) groups is 1. The second-order valence-corrected chi connectivity index (χ2v) is 5.79. The maximum atomic E-state index is 12.6. The molecule has 29 heavy (non-hydrogen) atoms. The first kappa shape index (κ1) is 20.0. The van der Waals surface area contributed by atoms with Crippen molar-refractivity contribution >= 4 is 5.91 Å². The van der Waals surface area contributed by atoms with Gasteiger partial charge in [0.15, 0.2) is 11.5 Å². The quantitative estimate of drug-likeness (QED) is 0.653. The van der Waals surface area contributed by atoms with E-state index in [0.29, 0.717) is 5.76 Å². The SMILES string of the molecule is O=C(NCC#CCOc1cccc(C(F)(F)F)c1)c1cc(-c2ccccc2)on1. The van der Waals surface area contributed by atoms with Gasteiger partial charge in [0.2, 0.25) is 0 Å². The van der Waals surface area contributed by atoms with Gasteiger partial charge < -0.3 is 14.6 Å². The normalized spacial score (nSPS) is 10.7. The van der Waals surface area contributed by atoms with Crippen LogP contribution in [0.15, 0.2) is 65.2 Å². The third-order valence-electron chi connectivity index (χ3n) is 3.74. The molecule has 2 aromatic carbocycles. The van der Waals surface area contributed by atoms with Crippen LogP contribution in [0.2, 0.25) is 0 Å². The Balaban J connectivity index is 1.46. The first-order valence-electron chi connectivity index (χ1n) is 8.49. The zero-order chi connectivity index (χ0) is 20.7. The number of rotatable bonds is 5. The smallest absolute Gasteiger partial charge is 0.416 e. The topological polar surface area (TPSA) is 64.4 Å². The molecular weight excluding hydrogens is 385 g/mol. The molecule has 0 unspecified atom stereocenters. The number of amides is 1. The van der Waals surface area contributed by atoms with Gasteiger partial charge in [-0.1, -0.05) is 53.4 Å². The first-order chi connectivity index (χ1) is 13.9. The molecule has 0 aliphatic heterocycles. The van der Waals surface area contributed by atoms with E-state index < -0.39 is 17.6 Å². The number of benzene rings is 2. The van der Waals surface area contributed by atoms with Crippen LogP contribution in [0.1, 0.15) is 16.1 Å². The summed E-state index contributed by atoms with van der Waals surface area (Å²) in [7, 11) is 0. The van der Waals surface area contributed by atoms with Crippen LogP contribution in [-0.4, -0.2) is 24.2 Å². The first-order valence-corrected chi connectivity index (χ1v) is 8.49. The zero-order valence-electron chi connectivity index (χ0n) is 15.0. The monoisotopic (exact) mass is 400 g/mol. The standard InChI is InChI=1S/C21H15F3N2O3/c22-21(23,24)16-9-6-10-17(13-16)28-12-5-4-11-25-20(27)18-14-19(29-26-18)15-7-2-1-3-8-15/h1-3,6-10,13-14H,11-12H2,(H,25,27). The van der Waals surface area contributed by atoms with Crippen molar-refractivity contribution in [2.45, 2.75) is 6.18 Å². The molecule has 0 aliphatic carbocycles. The highest BCUT2D eigenvalue weighted by atomic mass is 19.4. The summed E-state index contributed by atoms with van der Waals surface area (Å²) in [5, 5.41) is 6.28. The molecular formula is C21H15F3N2O3. The largest absolute Gasteiger partial charge is 0.481 e. The maximum absolute atomic E-state index is 12.6. The molecule has 3 aromatic rings. The van der Waals surface area contributed by atoms with Gasteiger partial charge in [-0.05, 0) is 18.2 Å². The minimum absolute atomic E-state index is 0.0261. The Morgan fingerprint density at radius 2 is 1.86 bits per heavy atom. The number of halogens is 3. The summed E-state index contributed by atoms with van der Waals surface area (Å²) in [5.74, 6) is 5.35. The number of aromatic nitrogens is 1. The number of ether oxygens (including phenoxy) is 1. The number of hydrogen-bond donors (Lipinski definition) is 1. The molecule has 0 bridgehead atoms. The van der Waals surface area contributed by atoms with E-state index in [4.69, 9.17) is 9.26 Å². The maximum Gasteiger partial charge on any atom is 0.416 e. The lowest BCUT2D eigenvalue weighted by Gasteiger charge is -2.08. The van der Waals surface area contributed by atoms with Crippen LogP contribution in [-0.2, 0) is 6.18 Å². The van der Waals surface area contributed by atoms with Crippen LogP contribution >= 0.6 is 0 Å². The van der Waals surface area contributed by atoms with E-state index in [-0.39, 0.29) is 24.6 Å². The van der Waals surface area contributed by atoms with Crippen molar-refractivity contribution in [3.63, 3.8) is 0 Å². The second kappa shape index (κ2) is 8.97. The fraction of sp³-hybridized carbons (Fsp3) is 0.143. The summed E-state index contributed by atoms with van der Waals surface area (Å²) in [4.78, 5) is 12.0. The molecule has 0 radical (unpaired) electrons. The Labute approximate surface area is 164 Å². The third kappa shape index (κ3) is 5.62. The average Bonchev–Trinajstić information content (AvgIpc) is 3.21. The predicted molar refractivity (Wildman–Crippen MR) is 99.0 cm³/mol. The third-order valence-corrected chi connectivity index (χ3v) is 3.74. The van der Waals surface area contributed by atoms with Gasteiger partial charge >= 0.3 is 6.18 Å². The van der Waals surface area contributed by atoms with Crippen LogP contribution in [0, 0.1) is 11.8 Å². The number of nitrogens with one attached hydrogen (secondary N) is 1. The number of nitrogens with zero attached hydrogens (tertiary/aromatic N) is 1. The van der Waals surface area contributed by atoms with E-state index >= 15 is 0 Å². The fourth-order valence-corrected chi connectivity index (χ4v) is 2.33. The van der Waals surface area contributed by atoms with E-state index in [1.165, 1.54) is 18.2 Å². The molecule has 0 saturated heterocycles. The number of carbonyl (C=O) groups excluding carboxylic acids is 1. The van der Waals surface area contributed by atoms with Crippen LogP contribution < -0.4 is 10.1 Å². The van der Waals surface area contributed by atoms with E-state index in [2.05, 4.69) is 22.3 Å². The molecule has 1 amide bonds. The number of alkyl halides is 3. The van der Waals surface area contributed by atoms with Gasteiger partial charge in [-0.15, -0.1) is 0 Å². The molecule has 0 fully saturated rings. The molecule has 0 saturated carbocycles. The number of hydrogen-bond acceptors (Lipinski definition) is 4. The van der Waals surface area contributed by atoms with Gasteiger partial charge in [0.1, 0.15) is 12.4 Å². The van der Waals surface area contributed by atoms with E-state index in [9.17, 15) is 18.0 Å². The Morgan fingerprint density at radius 3 is 2.62 bits per heavy atom. The molecule has 1 aromatic heterocycles. The summed E-state index contributed by atoms with van der Waals surface area (Å²) in [5.41, 5.74) is 0.120. The summed E-state index contributed by atoms with van der Waals surface area (Å²) < 4.78 is 48.2. The molecule has 5 nitrogen and oxygen atoms in total. The Hall–Kier alpha value is -3.73. The van der Waals surface area contributed by atoms with Crippen LogP contribution in [0.3, 0.4) is 0 Å². The van der Waals surface area contributed by atoms with E-state index in [0.717, 1.165) is 17.7 Å². The van der Waals surface area contributed by atoms with Gasteiger partial charge in [0.25, 0.3) is 5.91 Å². The lowest BCUT2D eigenvalue weighted by atomic mass is 10.1. The molecule has 0 aliphatic rings. The summed E-state index contributed by atoms with van der Waals surface area (Å²) in [6.45, 7) is -0.0857. The molecule has 8 heteroatoms. The van der Waals surface area contributed by atoms with Crippen molar-refractivity contribution in [2.75, 3.05) is 13.2 Å². The van der Waals surface area contributed by atoms with Crippen molar-refractivity contribution in [1.29, 1.82) is 0 Å². The average molecular weight is 400 g/mol. The highest BCUT2D eigenvalue weighted by Crippen LogP contribution is 2.31. The van der Waals surface area contributed by atoms with Crippen LogP contribution in [0.4, 0.5) is 13.2 Å². The van der Waals surface area contributed by atoms with Gasteiger partial charge in [0.05, 0.1) is 12.1 Å². The molecule has 0 spiro atoms. The highest BCUT2D eigenvalue weighted by molar-refractivity contribution is 5.93. The van der Waals surface area contributed by atoms with Gasteiger partial charge in [-0.2, -0.15) is 13.2 Å². The van der Waals surface area contributed by atoms with Gasteiger partial charge in [-0.25, -0.2) is 0 Å². The second-order valence-electron chi connectivity index (χ2n) is 5.79. The molecule has 0 atom stereocenters. The van der Waals surface area contributed by atoms with Gasteiger partial charge in [0, 0.05) is 11.6 Å². The van der Waals surface area contributed by atoms with E-state index in [1.807, 2.05) is 30.3 Å². The summed E-state index contributed by atoms with van der Waals surface area (Å²) >= 11 is 0. The lowest BCUT2D eigenvalue weighted by Crippen LogP contribution is -2.23.